The zero-order valence-electron chi connectivity index (χ0n) is 9.74. The monoisotopic (exact) mass is 214 g/mol. The summed E-state index contributed by atoms with van der Waals surface area (Å²) < 4.78 is 2.35. The summed E-state index contributed by atoms with van der Waals surface area (Å²) in [6.45, 7) is 0.793. The Bertz CT molecular complexity index is 521. The molecule has 0 bridgehead atoms. The van der Waals surface area contributed by atoms with Crippen molar-refractivity contribution in [1.29, 1.82) is 0 Å². The minimum atomic E-state index is 0.391. The van der Waals surface area contributed by atoms with Gasteiger partial charge < -0.3 is 10.3 Å². The van der Waals surface area contributed by atoms with Gasteiger partial charge in [-0.3, -0.25) is 0 Å². The van der Waals surface area contributed by atoms with E-state index < -0.39 is 0 Å². The number of benzene rings is 1. The van der Waals surface area contributed by atoms with Crippen LogP contribution in [0.3, 0.4) is 0 Å². The number of aromatic nitrogens is 1. The first-order valence-corrected chi connectivity index (χ1v) is 6.02. The molecule has 0 radical (unpaired) electrons. The first kappa shape index (κ1) is 9.91. The third-order valence-electron chi connectivity index (χ3n) is 3.97. The number of nitrogens with two attached hydrogens (primary N) is 1. The smallest absolute Gasteiger partial charge is 0.0480 e. The van der Waals surface area contributed by atoms with Crippen LogP contribution >= 0.6 is 0 Å². The number of aryl methyl sites for hydroxylation is 1. The standard InChI is InChI=1S/C14H18N2/c1-16-12-5-3-2-4-11(12)10-13(16)14(6-7-14)8-9-15/h2-5,10H,6-9,15H2,1H3. The van der Waals surface area contributed by atoms with Gasteiger partial charge in [-0.1, -0.05) is 18.2 Å². The molecule has 1 aliphatic rings. The first-order valence-electron chi connectivity index (χ1n) is 6.02. The van der Waals surface area contributed by atoms with Gasteiger partial charge in [0.05, 0.1) is 0 Å². The molecule has 0 saturated heterocycles. The number of hydrogen-bond acceptors (Lipinski definition) is 1. The number of nitrogens with zero attached hydrogens (tertiary/aromatic N) is 1. The molecular weight excluding hydrogens is 196 g/mol. The highest BCUT2D eigenvalue weighted by Crippen LogP contribution is 2.51. The predicted molar refractivity (Wildman–Crippen MR) is 67.5 cm³/mol. The highest BCUT2D eigenvalue weighted by atomic mass is 15.0. The average molecular weight is 214 g/mol. The van der Waals surface area contributed by atoms with Crippen LogP contribution in [0.15, 0.2) is 30.3 Å². The van der Waals surface area contributed by atoms with Gasteiger partial charge in [-0.2, -0.15) is 0 Å². The van der Waals surface area contributed by atoms with E-state index in [9.17, 15) is 0 Å². The van der Waals surface area contributed by atoms with Gasteiger partial charge in [0.1, 0.15) is 0 Å². The molecule has 2 aromatic rings. The van der Waals surface area contributed by atoms with Crippen LogP contribution < -0.4 is 5.73 Å². The topological polar surface area (TPSA) is 30.9 Å². The summed E-state index contributed by atoms with van der Waals surface area (Å²) in [5.74, 6) is 0. The molecule has 1 fully saturated rings. The summed E-state index contributed by atoms with van der Waals surface area (Å²) in [6.07, 6.45) is 3.72. The lowest BCUT2D eigenvalue weighted by molar-refractivity contribution is 0.588. The Morgan fingerprint density at radius 3 is 2.69 bits per heavy atom. The van der Waals surface area contributed by atoms with Crippen LogP contribution in [-0.4, -0.2) is 11.1 Å². The first-order chi connectivity index (χ1) is 7.77. The maximum Gasteiger partial charge on any atom is 0.0480 e. The Morgan fingerprint density at radius 2 is 2.06 bits per heavy atom. The van der Waals surface area contributed by atoms with E-state index in [-0.39, 0.29) is 0 Å². The minimum absolute atomic E-state index is 0.391. The van der Waals surface area contributed by atoms with Crippen LogP contribution in [0.5, 0.6) is 0 Å². The summed E-state index contributed by atoms with van der Waals surface area (Å²) in [4.78, 5) is 0. The number of fused-ring (bicyclic) bond motifs is 1. The Morgan fingerprint density at radius 1 is 1.31 bits per heavy atom. The third kappa shape index (κ3) is 1.30. The minimum Gasteiger partial charge on any atom is -0.347 e. The lowest BCUT2D eigenvalue weighted by atomic mass is 9.98. The molecule has 0 unspecified atom stereocenters. The lowest BCUT2D eigenvalue weighted by Gasteiger charge is -2.15. The highest BCUT2D eigenvalue weighted by Gasteiger charge is 2.45. The van der Waals surface area contributed by atoms with Gasteiger partial charge in [0.2, 0.25) is 0 Å². The molecule has 84 valence electrons. The van der Waals surface area contributed by atoms with Crippen LogP contribution in [0.4, 0.5) is 0 Å². The maximum atomic E-state index is 5.73. The summed E-state index contributed by atoms with van der Waals surface area (Å²) in [6, 6.07) is 10.9. The van der Waals surface area contributed by atoms with Crippen molar-refractivity contribution in [3.8, 4) is 0 Å². The van der Waals surface area contributed by atoms with Crippen molar-refractivity contribution in [2.75, 3.05) is 6.54 Å². The molecule has 0 atom stereocenters. The summed E-state index contributed by atoms with van der Waals surface area (Å²) in [5, 5.41) is 1.35. The van der Waals surface area contributed by atoms with Crippen molar-refractivity contribution in [2.24, 2.45) is 12.8 Å². The van der Waals surface area contributed by atoms with E-state index in [4.69, 9.17) is 5.73 Å². The molecule has 2 heteroatoms. The van der Waals surface area contributed by atoms with E-state index in [2.05, 4.69) is 41.9 Å². The number of rotatable bonds is 3. The van der Waals surface area contributed by atoms with Crippen LogP contribution in [0.1, 0.15) is 25.0 Å². The number of para-hydroxylation sites is 1. The molecule has 0 spiro atoms. The SMILES string of the molecule is Cn1c(C2(CCN)CC2)cc2ccccc21. The Kier molecular flexibility index (Phi) is 2.08. The molecule has 1 aromatic carbocycles. The fourth-order valence-corrected chi connectivity index (χ4v) is 2.86. The van der Waals surface area contributed by atoms with Crippen LogP contribution in [0.2, 0.25) is 0 Å². The molecule has 0 aliphatic heterocycles. The summed E-state index contributed by atoms with van der Waals surface area (Å²) in [7, 11) is 2.17. The largest absolute Gasteiger partial charge is 0.347 e. The second-order valence-corrected chi connectivity index (χ2v) is 4.97. The van der Waals surface area contributed by atoms with E-state index in [1.807, 2.05) is 0 Å². The van der Waals surface area contributed by atoms with Gasteiger partial charge in [-0.15, -0.1) is 0 Å². The molecule has 2 N–H and O–H groups in total. The average Bonchev–Trinajstić information content (AvgIpc) is 2.99. The summed E-state index contributed by atoms with van der Waals surface area (Å²) >= 11 is 0. The predicted octanol–water partition coefficient (Wildman–Crippen LogP) is 2.56. The molecule has 3 rings (SSSR count). The highest BCUT2D eigenvalue weighted by molar-refractivity contribution is 5.81. The van der Waals surface area contributed by atoms with Gasteiger partial charge >= 0.3 is 0 Å². The van der Waals surface area contributed by atoms with Crippen molar-refractivity contribution in [2.45, 2.75) is 24.7 Å². The van der Waals surface area contributed by atoms with Gasteiger partial charge in [-0.25, -0.2) is 0 Å². The van der Waals surface area contributed by atoms with Crippen molar-refractivity contribution in [3.63, 3.8) is 0 Å². The lowest BCUT2D eigenvalue weighted by Crippen LogP contribution is -2.16. The quantitative estimate of drug-likeness (QED) is 0.836. The van der Waals surface area contributed by atoms with E-state index in [1.54, 1.807) is 0 Å². The third-order valence-corrected chi connectivity index (χ3v) is 3.97. The molecule has 16 heavy (non-hydrogen) atoms. The number of hydrogen-bond donors (Lipinski definition) is 1. The van der Waals surface area contributed by atoms with E-state index >= 15 is 0 Å². The summed E-state index contributed by atoms with van der Waals surface area (Å²) in [5.41, 5.74) is 8.92. The van der Waals surface area contributed by atoms with Crippen molar-refractivity contribution in [3.05, 3.63) is 36.0 Å². The Hall–Kier alpha value is -1.28. The molecule has 0 amide bonds. The molecular formula is C14H18N2. The maximum absolute atomic E-state index is 5.73. The molecule has 1 aliphatic carbocycles. The Labute approximate surface area is 96.1 Å². The Balaban J connectivity index is 2.14. The zero-order chi connectivity index (χ0) is 11.2. The van der Waals surface area contributed by atoms with Crippen molar-refractivity contribution < 1.29 is 0 Å². The second-order valence-electron chi connectivity index (χ2n) is 4.97. The van der Waals surface area contributed by atoms with Gasteiger partial charge in [0.25, 0.3) is 0 Å². The van der Waals surface area contributed by atoms with Gasteiger partial charge in [0, 0.05) is 23.7 Å². The van der Waals surface area contributed by atoms with Crippen LogP contribution in [0.25, 0.3) is 10.9 Å². The molecule has 1 aromatic heterocycles. The molecule has 2 nitrogen and oxygen atoms in total. The van der Waals surface area contributed by atoms with Crippen molar-refractivity contribution in [1.82, 2.24) is 4.57 Å². The fraction of sp³-hybridized carbons (Fsp3) is 0.429. The van der Waals surface area contributed by atoms with E-state index in [1.165, 1.54) is 29.4 Å². The second kappa shape index (κ2) is 3.36. The van der Waals surface area contributed by atoms with Gasteiger partial charge in [0.15, 0.2) is 0 Å². The van der Waals surface area contributed by atoms with Crippen LogP contribution in [0, 0.1) is 0 Å². The van der Waals surface area contributed by atoms with Crippen LogP contribution in [-0.2, 0) is 12.5 Å². The van der Waals surface area contributed by atoms with E-state index in [0.717, 1.165) is 13.0 Å². The molecule has 1 heterocycles. The fourth-order valence-electron chi connectivity index (χ4n) is 2.86. The van der Waals surface area contributed by atoms with E-state index in [0.29, 0.717) is 5.41 Å². The van der Waals surface area contributed by atoms with Gasteiger partial charge in [-0.05, 0) is 43.3 Å². The molecule has 1 saturated carbocycles. The van der Waals surface area contributed by atoms with Crippen molar-refractivity contribution >= 4 is 10.9 Å². The zero-order valence-corrected chi connectivity index (χ0v) is 9.74. The normalized spacial score (nSPS) is 17.9.